The maximum atomic E-state index is 11.5. The van der Waals surface area contributed by atoms with Crippen molar-refractivity contribution in [3.8, 4) is 0 Å². The van der Waals surface area contributed by atoms with E-state index in [1.54, 1.807) is 0 Å². The maximum Gasteiger partial charge on any atom is 0.398 e. The molecule has 0 bridgehead atoms. The lowest BCUT2D eigenvalue weighted by Crippen LogP contribution is -2.38. The molecular weight excluding hydrogens is 272 g/mol. The number of nitrogens with zero attached hydrogens (tertiary/aromatic N) is 2. The molecule has 0 aromatic heterocycles. The molecule has 0 saturated carbocycles. The van der Waals surface area contributed by atoms with Gasteiger partial charge in [-0.2, -0.15) is 0 Å². The SMILES string of the molecule is CN(C)CCCCNC(=O)C(=O)OC(N)CCCN(C)C. The Kier molecular flexibility index (Phi) is 10.8. The Bertz CT molecular complexity index is 309. The van der Waals surface area contributed by atoms with Gasteiger partial charge in [0, 0.05) is 6.54 Å². The van der Waals surface area contributed by atoms with Crippen LogP contribution in [0.25, 0.3) is 0 Å². The fourth-order valence-electron chi connectivity index (χ4n) is 1.69. The van der Waals surface area contributed by atoms with E-state index in [-0.39, 0.29) is 0 Å². The summed E-state index contributed by atoms with van der Waals surface area (Å²) in [6.07, 6.45) is 2.42. The van der Waals surface area contributed by atoms with E-state index < -0.39 is 18.1 Å². The lowest BCUT2D eigenvalue weighted by Gasteiger charge is -2.14. The van der Waals surface area contributed by atoms with Crippen molar-refractivity contribution in [3.63, 3.8) is 0 Å². The third-order valence-electron chi connectivity index (χ3n) is 2.86. The van der Waals surface area contributed by atoms with Crippen molar-refractivity contribution in [1.82, 2.24) is 15.1 Å². The number of ether oxygens (including phenoxy) is 1. The van der Waals surface area contributed by atoms with Crippen LogP contribution in [-0.4, -0.2) is 75.7 Å². The van der Waals surface area contributed by atoms with Gasteiger partial charge < -0.3 is 19.9 Å². The number of nitrogens with two attached hydrogens (primary N) is 1. The molecule has 21 heavy (non-hydrogen) atoms. The van der Waals surface area contributed by atoms with Gasteiger partial charge >= 0.3 is 11.9 Å². The first kappa shape index (κ1) is 19.8. The van der Waals surface area contributed by atoms with Crippen molar-refractivity contribution in [2.24, 2.45) is 5.73 Å². The molecule has 0 aliphatic heterocycles. The van der Waals surface area contributed by atoms with Crippen molar-refractivity contribution < 1.29 is 14.3 Å². The lowest BCUT2D eigenvalue weighted by molar-refractivity contribution is -0.159. The molecule has 0 radical (unpaired) electrons. The summed E-state index contributed by atoms with van der Waals surface area (Å²) in [5.74, 6) is -1.62. The van der Waals surface area contributed by atoms with E-state index in [1.165, 1.54) is 0 Å². The number of hydrogen-bond donors (Lipinski definition) is 2. The van der Waals surface area contributed by atoms with E-state index in [2.05, 4.69) is 10.2 Å². The molecule has 0 aromatic rings. The molecule has 0 saturated heterocycles. The molecule has 7 heteroatoms. The Hall–Kier alpha value is -1.18. The van der Waals surface area contributed by atoms with Crippen LogP contribution in [0.5, 0.6) is 0 Å². The van der Waals surface area contributed by atoms with E-state index in [1.807, 2.05) is 33.1 Å². The minimum atomic E-state index is -0.903. The average molecular weight is 302 g/mol. The van der Waals surface area contributed by atoms with Gasteiger partial charge in [0.15, 0.2) is 6.23 Å². The summed E-state index contributed by atoms with van der Waals surface area (Å²) in [6.45, 7) is 2.29. The largest absolute Gasteiger partial charge is 0.440 e. The first-order valence-electron chi connectivity index (χ1n) is 7.36. The van der Waals surface area contributed by atoms with E-state index >= 15 is 0 Å². The van der Waals surface area contributed by atoms with Crippen molar-refractivity contribution >= 4 is 11.9 Å². The van der Waals surface area contributed by atoms with Crippen LogP contribution in [0.1, 0.15) is 25.7 Å². The van der Waals surface area contributed by atoms with Gasteiger partial charge in [0.25, 0.3) is 0 Å². The molecule has 1 amide bonds. The first-order chi connectivity index (χ1) is 9.82. The van der Waals surface area contributed by atoms with E-state index in [4.69, 9.17) is 10.5 Å². The zero-order valence-corrected chi connectivity index (χ0v) is 13.7. The summed E-state index contributed by atoms with van der Waals surface area (Å²) in [4.78, 5) is 27.1. The number of rotatable bonds is 10. The van der Waals surface area contributed by atoms with E-state index in [0.717, 1.165) is 32.4 Å². The third kappa shape index (κ3) is 12.3. The molecule has 0 spiro atoms. The number of esters is 1. The van der Waals surface area contributed by atoms with Crippen LogP contribution >= 0.6 is 0 Å². The molecule has 1 atom stereocenters. The summed E-state index contributed by atoms with van der Waals surface area (Å²) in [6, 6.07) is 0. The highest BCUT2D eigenvalue weighted by atomic mass is 16.6. The Labute approximate surface area is 127 Å². The van der Waals surface area contributed by atoms with Gasteiger partial charge in [0.05, 0.1) is 0 Å². The van der Waals surface area contributed by atoms with Gasteiger partial charge in [-0.25, -0.2) is 4.79 Å². The molecule has 7 nitrogen and oxygen atoms in total. The lowest BCUT2D eigenvalue weighted by atomic mass is 10.3. The van der Waals surface area contributed by atoms with Crippen molar-refractivity contribution in [2.75, 3.05) is 47.8 Å². The van der Waals surface area contributed by atoms with Crippen LogP contribution in [0.3, 0.4) is 0 Å². The van der Waals surface area contributed by atoms with Crippen LogP contribution in [0, 0.1) is 0 Å². The molecule has 0 aliphatic rings. The standard InChI is InChI=1S/C14H30N4O3/c1-17(2)10-6-5-9-16-13(19)14(20)21-12(15)8-7-11-18(3)4/h12H,5-11,15H2,1-4H3,(H,16,19). The minimum absolute atomic E-state index is 0.470. The monoisotopic (exact) mass is 302 g/mol. The molecule has 1 unspecified atom stereocenters. The highest BCUT2D eigenvalue weighted by Gasteiger charge is 2.18. The van der Waals surface area contributed by atoms with Crippen LogP contribution in [0.4, 0.5) is 0 Å². The van der Waals surface area contributed by atoms with E-state index in [0.29, 0.717) is 13.0 Å². The van der Waals surface area contributed by atoms with Crippen molar-refractivity contribution in [2.45, 2.75) is 31.9 Å². The first-order valence-corrected chi connectivity index (χ1v) is 7.36. The molecule has 0 heterocycles. The number of nitrogens with one attached hydrogen (secondary N) is 1. The minimum Gasteiger partial charge on any atom is -0.440 e. The molecular formula is C14H30N4O3. The third-order valence-corrected chi connectivity index (χ3v) is 2.86. The van der Waals surface area contributed by atoms with Gasteiger partial charge in [-0.15, -0.1) is 0 Å². The Morgan fingerprint density at radius 3 is 2.19 bits per heavy atom. The van der Waals surface area contributed by atoms with Gasteiger partial charge in [-0.3, -0.25) is 10.5 Å². The summed E-state index contributed by atoms with van der Waals surface area (Å²) in [7, 11) is 7.91. The number of carbonyl (C=O) groups excluding carboxylic acids is 2. The second-order valence-electron chi connectivity index (χ2n) is 5.66. The van der Waals surface area contributed by atoms with Crippen LogP contribution in [0.15, 0.2) is 0 Å². The summed E-state index contributed by atoms with van der Waals surface area (Å²) >= 11 is 0. The average Bonchev–Trinajstić information content (AvgIpc) is 2.37. The number of hydrogen-bond acceptors (Lipinski definition) is 6. The Morgan fingerprint density at radius 2 is 1.62 bits per heavy atom. The number of unbranched alkanes of at least 4 members (excludes halogenated alkanes) is 1. The molecule has 3 N–H and O–H groups in total. The van der Waals surface area contributed by atoms with Crippen LogP contribution in [-0.2, 0) is 14.3 Å². The van der Waals surface area contributed by atoms with Gasteiger partial charge in [0.2, 0.25) is 0 Å². The molecule has 0 fully saturated rings. The van der Waals surface area contributed by atoms with Gasteiger partial charge in [-0.05, 0) is 67.0 Å². The maximum absolute atomic E-state index is 11.5. The van der Waals surface area contributed by atoms with Crippen molar-refractivity contribution in [3.05, 3.63) is 0 Å². The zero-order valence-electron chi connectivity index (χ0n) is 13.7. The second-order valence-corrected chi connectivity index (χ2v) is 5.66. The summed E-state index contributed by atoms with van der Waals surface area (Å²) in [5.41, 5.74) is 5.66. The second kappa shape index (κ2) is 11.5. The zero-order chi connectivity index (χ0) is 16.3. The normalized spacial score (nSPS) is 12.5. The Balaban J connectivity index is 3.71. The summed E-state index contributed by atoms with van der Waals surface area (Å²) < 4.78 is 4.89. The topological polar surface area (TPSA) is 87.9 Å². The number of amides is 1. The molecule has 0 aliphatic carbocycles. The highest BCUT2D eigenvalue weighted by Crippen LogP contribution is 1.98. The van der Waals surface area contributed by atoms with Gasteiger partial charge in [0.1, 0.15) is 0 Å². The smallest absolute Gasteiger partial charge is 0.398 e. The molecule has 124 valence electrons. The fourth-order valence-corrected chi connectivity index (χ4v) is 1.69. The fraction of sp³-hybridized carbons (Fsp3) is 0.857. The predicted molar refractivity (Wildman–Crippen MR) is 82.7 cm³/mol. The Morgan fingerprint density at radius 1 is 1.05 bits per heavy atom. The molecule has 0 aromatic carbocycles. The van der Waals surface area contributed by atoms with Crippen molar-refractivity contribution in [1.29, 1.82) is 0 Å². The van der Waals surface area contributed by atoms with Crippen LogP contribution in [0.2, 0.25) is 0 Å². The molecule has 0 rings (SSSR count). The predicted octanol–water partition coefficient (Wildman–Crippen LogP) is -0.386. The number of carbonyl (C=O) groups is 2. The highest BCUT2D eigenvalue weighted by molar-refractivity contribution is 6.32. The quantitative estimate of drug-likeness (QED) is 0.247. The van der Waals surface area contributed by atoms with E-state index in [9.17, 15) is 9.59 Å². The van der Waals surface area contributed by atoms with Crippen LogP contribution < -0.4 is 11.1 Å². The van der Waals surface area contributed by atoms with Gasteiger partial charge in [-0.1, -0.05) is 0 Å². The summed E-state index contributed by atoms with van der Waals surface area (Å²) in [5, 5.41) is 2.54.